The molecule has 2 N–H and O–H groups in total. The van der Waals surface area contributed by atoms with Crippen LogP contribution >= 0.6 is 0 Å². The molecule has 0 fully saturated rings. The summed E-state index contributed by atoms with van der Waals surface area (Å²) in [5, 5.41) is 4.06. The molecule has 0 radical (unpaired) electrons. The van der Waals surface area contributed by atoms with Crippen LogP contribution in [0.3, 0.4) is 0 Å². The molecule has 3 aromatic rings. The van der Waals surface area contributed by atoms with Crippen molar-refractivity contribution in [2.24, 2.45) is 0 Å². The fraction of sp³-hybridized carbons (Fsp3) is 0.350. The van der Waals surface area contributed by atoms with Gasteiger partial charge in [-0.15, -0.1) is 0 Å². The highest BCUT2D eigenvalue weighted by atomic mass is 16.2. The van der Waals surface area contributed by atoms with Crippen LogP contribution in [0.15, 0.2) is 24.5 Å². The number of aryl methyl sites for hydroxylation is 3. The van der Waals surface area contributed by atoms with E-state index in [1.807, 2.05) is 14.0 Å². The van der Waals surface area contributed by atoms with Gasteiger partial charge in [0.25, 0.3) is 0 Å². The van der Waals surface area contributed by atoms with Gasteiger partial charge in [-0.05, 0) is 37.5 Å². The Hall–Kier alpha value is -2.89. The third kappa shape index (κ3) is 3.40. The Morgan fingerprint density at radius 3 is 2.46 bits per heavy atom. The number of nitrogens with one attached hydrogen (secondary N) is 2. The highest BCUT2D eigenvalue weighted by Crippen LogP contribution is 2.28. The molecule has 6 heteroatoms. The fourth-order valence-corrected chi connectivity index (χ4v) is 3.25. The molecule has 0 bridgehead atoms. The van der Waals surface area contributed by atoms with Crippen molar-refractivity contribution in [2.75, 3.05) is 19.4 Å². The van der Waals surface area contributed by atoms with Crippen molar-refractivity contribution in [3.8, 4) is 0 Å². The van der Waals surface area contributed by atoms with E-state index < -0.39 is 0 Å². The third-order valence-corrected chi connectivity index (χ3v) is 4.79. The summed E-state index contributed by atoms with van der Waals surface area (Å²) in [6.07, 6.45) is 3.86. The minimum atomic E-state index is 0.0765. The summed E-state index contributed by atoms with van der Waals surface area (Å²) in [4.78, 5) is 26.4. The normalized spacial score (nSPS) is 11.0. The molecular formula is C20H25N5O. The maximum absolute atomic E-state index is 12.8. The van der Waals surface area contributed by atoms with E-state index in [-0.39, 0.29) is 5.91 Å². The lowest BCUT2D eigenvalue weighted by atomic mass is 10.0. The van der Waals surface area contributed by atoms with E-state index in [9.17, 15) is 4.79 Å². The van der Waals surface area contributed by atoms with Crippen molar-refractivity contribution in [3.05, 3.63) is 52.5 Å². The van der Waals surface area contributed by atoms with Crippen molar-refractivity contribution < 1.29 is 4.79 Å². The standard InChI is InChI=1S/C20H25N5O/c1-12-6-7-13(2)19-18(12)16(14(3)24-19)8-17(26)25(5)11-15-9-22-20(21-4)23-10-15/h6-7,9-10,24H,8,11H2,1-5H3,(H,21,22,23). The van der Waals surface area contributed by atoms with Gasteiger partial charge in [-0.2, -0.15) is 0 Å². The molecule has 136 valence electrons. The van der Waals surface area contributed by atoms with Crippen LogP contribution in [0.5, 0.6) is 0 Å². The van der Waals surface area contributed by atoms with Crippen molar-refractivity contribution in [2.45, 2.75) is 33.7 Å². The van der Waals surface area contributed by atoms with E-state index in [1.165, 1.54) is 16.5 Å². The van der Waals surface area contributed by atoms with Gasteiger partial charge in [-0.25, -0.2) is 9.97 Å². The number of benzene rings is 1. The van der Waals surface area contributed by atoms with Gasteiger partial charge >= 0.3 is 0 Å². The number of likely N-dealkylation sites (N-methyl/N-ethyl adjacent to an activating group) is 1. The first-order chi connectivity index (χ1) is 12.4. The quantitative estimate of drug-likeness (QED) is 0.741. The monoisotopic (exact) mass is 351 g/mol. The van der Waals surface area contributed by atoms with E-state index in [0.29, 0.717) is 18.9 Å². The average molecular weight is 351 g/mol. The number of carbonyl (C=O) groups is 1. The van der Waals surface area contributed by atoms with Gasteiger partial charge < -0.3 is 15.2 Å². The number of nitrogens with zero attached hydrogens (tertiary/aromatic N) is 3. The summed E-state index contributed by atoms with van der Waals surface area (Å²) in [5.41, 5.74) is 6.56. The van der Waals surface area contributed by atoms with Crippen molar-refractivity contribution in [1.82, 2.24) is 19.9 Å². The van der Waals surface area contributed by atoms with Gasteiger partial charge in [-0.1, -0.05) is 12.1 Å². The predicted octanol–water partition coefficient (Wildman–Crippen LogP) is 3.13. The average Bonchev–Trinajstić information content (AvgIpc) is 2.96. The first-order valence-electron chi connectivity index (χ1n) is 8.70. The highest BCUT2D eigenvalue weighted by molar-refractivity contribution is 5.93. The van der Waals surface area contributed by atoms with Crippen molar-refractivity contribution >= 4 is 22.8 Å². The minimum Gasteiger partial charge on any atom is -0.358 e. The molecule has 6 nitrogen and oxygen atoms in total. The summed E-state index contributed by atoms with van der Waals surface area (Å²) in [7, 11) is 3.59. The fourth-order valence-electron chi connectivity index (χ4n) is 3.25. The zero-order valence-corrected chi connectivity index (χ0v) is 16.0. The van der Waals surface area contributed by atoms with Crippen LogP contribution in [-0.4, -0.2) is 39.9 Å². The Morgan fingerprint density at radius 2 is 1.81 bits per heavy atom. The molecular weight excluding hydrogens is 326 g/mol. The van der Waals surface area contributed by atoms with Crippen molar-refractivity contribution in [1.29, 1.82) is 0 Å². The molecule has 1 aromatic carbocycles. The summed E-state index contributed by atoms with van der Waals surface area (Å²) in [6, 6.07) is 4.23. The van der Waals surface area contributed by atoms with Crippen LogP contribution < -0.4 is 5.32 Å². The highest BCUT2D eigenvalue weighted by Gasteiger charge is 2.18. The topological polar surface area (TPSA) is 73.9 Å². The van der Waals surface area contributed by atoms with Gasteiger partial charge in [0.1, 0.15) is 0 Å². The molecule has 2 heterocycles. The first-order valence-corrected chi connectivity index (χ1v) is 8.70. The molecule has 0 saturated heterocycles. The van der Waals surface area contributed by atoms with Gasteiger partial charge in [0.15, 0.2) is 0 Å². The van der Waals surface area contributed by atoms with E-state index in [4.69, 9.17) is 0 Å². The third-order valence-electron chi connectivity index (χ3n) is 4.79. The number of aromatic nitrogens is 3. The van der Waals surface area contributed by atoms with Crippen LogP contribution in [0.25, 0.3) is 10.9 Å². The van der Waals surface area contributed by atoms with Gasteiger partial charge in [0.2, 0.25) is 11.9 Å². The number of fused-ring (bicyclic) bond motifs is 1. The lowest BCUT2D eigenvalue weighted by molar-refractivity contribution is -0.129. The number of hydrogen-bond acceptors (Lipinski definition) is 4. The Kier molecular flexibility index (Phi) is 4.93. The Balaban J connectivity index is 1.80. The van der Waals surface area contributed by atoms with Crippen LogP contribution in [0.2, 0.25) is 0 Å². The maximum atomic E-state index is 12.8. The molecule has 0 aliphatic heterocycles. The lowest BCUT2D eigenvalue weighted by Crippen LogP contribution is -2.28. The van der Waals surface area contributed by atoms with Crippen LogP contribution in [0.1, 0.15) is 27.9 Å². The number of aromatic amines is 1. The number of rotatable bonds is 5. The molecule has 0 unspecified atom stereocenters. The molecule has 0 aliphatic rings. The molecule has 0 aliphatic carbocycles. The first kappa shape index (κ1) is 17.9. The van der Waals surface area contributed by atoms with E-state index in [2.05, 4.69) is 46.2 Å². The van der Waals surface area contributed by atoms with Crippen molar-refractivity contribution in [3.63, 3.8) is 0 Å². The summed E-state index contributed by atoms with van der Waals surface area (Å²) < 4.78 is 0. The van der Waals surface area contributed by atoms with E-state index in [0.717, 1.165) is 22.3 Å². The van der Waals surface area contributed by atoms with Crippen LogP contribution in [-0.2, 0) is 17.8 Å². The Bertz CT molecular complexity index is 943. The molecule has 0 spiro atoms. The largest absolute Gasteiger partial charge is 0.358 e. The summed E-state index contributed by atoms with van der Waals surface area (Å²) in [6.45, 7) is 6.70. The second-order valence-corrected chi connectivity index (χ2v) is 6.77. The van der Waals surface area contributed by atoms with Gasteiger partial charge in [0, 0.05) is 55.2 Å². The maximum Gasteiger partial charge on any atom is 0.227 e. The van der Waals surface area contributed by atoms with E-state index >= 15 is 0 Å². The number of anilines is 1. The molecule has 0 atom stereocenters. The van der Waals surface area contributed by atoms with Gasteiger partial charge in [0.05, 0.1) is 6.42 Å². The van der Waals surface area contributed by atoms with E-state index in [1.54, 1.807) is 24.3 Å². The Morgan fingerprint density at radius 1 is 1.15 bits per heavy atom. The molecule has 1 amide bonds. The second kappa shape index (κ2) is 7.15. The smallest absolute Gasteiger partial charge is 0.227 e. The van der Waals surface area contributed by atoms with Crippen LogP contribution in [0, 0.1) is 20.8 Å². The number of hydrogen-bond donors (Lipinski definition) is 2. The number of amides is 1. The second-order valence-electron chi connectivity index (χ2n) is 6.77. The zero-order valence-electron chi connectivity index (χ0n) is 16.0. The lowest BCUT2D eigenvalue weighted by Gasteiger charge is -2.17. The molecule has 0 saturated carbocycles. The SMILES string of the molecule is CNc1ncc(CN(C)C(=O)Cc2c(C)[nH]c3c(C)ccc(C)c23)cn1. The predicted molar refractivity (Wildman–Crippen MR) is 104 cm³/mol. The number of carbonyl (C=O) groups excluding carboxylic acids is 1. The summed E-state index contributed by atoms with van der Waals surface area (Å²) in [5.74, 6) is 0.649. The zero-order chi connectivity index (χ0) is 18.8. The molecule has 26 heavy (non-hydrogen) atoms. The minimum absolute atomic E-state index is 0.0765. The number of H-pyrrole nitrogens is 1. The molecule has 2 aromatic heterocycles. The summed E-state index contributed by atoms with van der Waals surface area (Å²) >= 11 is 0. The Labute approximate surface area is 153 Å². The van der Waals surface area contributed by atoms with Crippen LogP contribution in [0.4, 0.5) is 5.95 Å². The molecule has 3 rings (SSSR count). The van der Waals surface area contributed by atoms with Gasteiger partial charge in [-0.3, -0.25) is 4.79 Å².